The highest BCUT2D eigenvalue weighted by atomic mass is 16.5. The molecule has 10 atom stereocenters. The molecule has 4 saturated carbocycles. The quantitative estimate of drug-likeness (QED) is 0.429. The van der Waals surface area contributed by atoms with Crippen LogP contribution in [-0.2, 0) is 16.1 Å². The summed E-state index contributed by atoms with van der Waals surface area (Å²) in [6.07, 6.45) is 9.50. The van der Waals surface area contributed by atoms with Crippen LogP contribution in [0.15, 0.2) is 24.3 Å². The summed E-state index contributed by atoms with van der Waals surface area (Å²) in [5.41, 5.74) is 1.48. The van der Waals surface area contributed by atoms with Crippen LogP contribution in [0.5, 0.6) is 5.75 Å². The van der Waals surface area contributed by atoms with Crippen LogP contribution in [-0.4, -0.2) is 35.5 Å². The molecule has 2 N–H and O–H groups in total. The number of ether oxygens (including phenoxy) is 2. The van der Waals surface area contributed by atoms with E-state index in [-0.39, 0.29) is 29.0 Å². The van der Waals surface area contributed by atoms with E-state index in [0.717, 1.165) is 43.4 Å². The van der Waals surface area contributed by atoms with Crippen molar-refractivity contribution in [1.29, 1.82) is 0 Å². The largest absolute Gasteiger partial charge is 0.497 e. The lowest BCUT2D eigenvalue weighted by Gasteiger charge is -2.62. The molecule has 4 aliphatic carbocycles. The number of hydrogen-bond acceptors (Lipinski definition) is 5. The molecule has 0 bridgehead atoms. The second-order valence-electron chi connectivity index (χ2n) is 13.5. The van der Waals surface area contributed by atoms with Crippen molar-refractivity contribution in [3.05, 3.63) is 29.8 Å². The number of benzene rings is 1. The van der Waals surface area contributed by atoms with Gasteiger partial charge in [-0.05, 0) is 122 Å². The highest BCUT2D eigenvalue weighted by molar-refractivity contribution is 5.69. The topological polar surface area (TPSA) is 76.0 Å². The van der Waals surface area contributed by atoms with Crippen LogP contribution < -0.4 is 4.74 Å². The van der Waals surface area contributed by atoms with Gasteiger partial charge in [-0.1, -0.05) is 32.9 Å². The van der Waals surface area contributed by atoms with Crippen molar-refractivity contribution in [3.8, 4) is 5.75 Å². The third kappa shape index (κ3) is 4.95. The van der Waals surface area contributed by atoms with E-state index >= 15 is 0 Å². The number of carbonyl (C=O) groups excluding carboxylic acids is 1. The zero-order valence-corrected chi connectivity index (χ0v) is 23.3. The minimum Gasteiger partial charge on any atom is -0.497 e. The fourth-order valence-electron chi connectivity index (χ4n) is 9.68. The summed E-state index contributed by atoms with van der Waals surface area (Å²) >= 11 is 0. The highest BCUT2D eigenvalue weighted by Crippen LogP contribution is 2.68. The van der Waals surface area contributed by atoms with Gasteiger partial charge in [0.05, 0.1) is 19.3 Å². The van der Waals surface area contributed by atoms with Gasteiger partial charge in [0.1, 0.15) is 12.4 Å². The van der Waals surface area contributed by atoms with Crippen LogP contribution in [0, 0.1) is 46.3 Å². The van der Waals surface area contributed by atoms with Crippen molar-refractivity contribution in [1.82, 2.24) is 0 Å². The third-order valence-corrected chi connectivity index (χ3v) is 11.8. The summed E-state index contributed by atoms with van der Waals surface area (Å²) in [6.45, 7) is 7.61. The summed E-state index contributed by atoms with van der Waals surface area (Å²) in [6, 6.07) is 7.64. The normalized spacial score (nSPS) is 41.7. The molecule has 0 saturated heterocycles. The van der Waals surface area contributed by atoms with Crippen molar-refractivity contribution >= 4 is 5.97 Å². The van der Waals surface area contributed by atoms with Crippen LogP contribution in [0.25, 0.3) is 0 Å². The summed E-state index contributed by atoms with van der Waals surface area (Å²) in [7, 11) is 1.64. The minimum atomic E-state index is -0.236. The Labute approximate surface area is 223 Å². The smallest absolute Gasteiger partial charge is 0.306 e. The molecule has 37 heavy (non-hydrogen) atoms. The van der Waals surface area contributed by atoms with Crippen molar-refractivity contribution < 1.29 is 24.5 Å². The molecule has 206 valence electrons. The lowest BCUT2D eigenvalue weighted by molar-refractivity contribution is -0.174. The van der Waals surface area contributed by atoms with Gasteiger partial charge in [-0.3, -0.25) is 4.79 Å². The van der Waals surface area contributed by atoms with E-state index in [1.807, 2.05) is 24.3 Å². The number of aliphatic hydroxyl groups excluding tert-OH is 2. The van der Waals surface area contributed by atoms with Crippen LogP contribution >= 0.6 is 0 Å². The Bertz CT molecular complexity index is 945. The van der Waals surface area contributed by atoms with Gasteiger partial charge < -0.3 is 19.7 Å². The van der Waals surface area contributed by atoms with Gasteiger partial charge in [-0.25, -0.2) is 0 Å². The zero-order valence-electron chi connectivity index (χ0n) is 23.3. The Kier molecular flexibility index (Phi) is 7.68. The first-order valence-corrected chi connectivity index (χ1v) is 14.8. The Morgan fingerprint density at radius 1 is 1.00 bits per heavy atom. The molecule has 5 nitrogen and oxygen atoms in total. The van der Waals surface area contributed by atoms with E-state index in [9.17, 15) is 15.0 Å². The Balaban J connectivity index is 1.18. The highest BCUT2D eigenvalue weighted by Gasteiger charge is 2.62. The van der Waals surface area contributed by atoms with Gasteiger partial charge in [-0.15, -0.1) is 0 Å². The van der Waals surface area contributed by atoms with Crippen LogP contribution in [0.1, 0.15) is 90.5 Å². The van der Waals surface area contributed by atoms with E-state index in [1.54, 1.807) is 7.11 Å². The SMILES string of the molecule is COc1ccc(COC(=O)CC[C@@H](C)[C@H]2CC[C@H]3[C@@H]4[C@H](O)CC5C[C@H](O)CC[C@]5(C)[C@H]4CC[C@]23C)cc1. The Morgan fingerprint density at radius 3 is 2.43 bits per heavy atom. The van der Waals surface area contributed by atoms with Crippen molar-refractivity contribution in [3.63, 3.8) is 0 Å². The lowest BCUT2D eigenvalue weighted by atomic mass is 9.43. The maximum absolute atomic E-state index is 12.5. The zero-order chi connectivity index (χ0) is 26.4. The molecule has 0 amide bonds. The number of methoxy groups -OCH3 is 1. The number of hydrogen-bond donors (Lipinski definition) is 2. The van der Waals surface area contributed by atoms with E-state index < -0.39 is 0 Å². The van der Waals surface area contributed by atoms with Crippen LogP contribution in [0.3, 0.4) is 0 Å². The molecule has 0 heterocycles. The molecule has 1 unspecified atom stereocenters. The number of rotatable bonds is 7. The molecule has 4 fully saturated rings. The monoisotopic (exact) mass is 512 g/mol. The fourth-order valence-corrected chi connectivity index (χ4v) is 9.68. The van der Waals surface area contributed by atoms with E-state index in [0.29, 0.717) is 48.5 Å². The molecular formula is C32H48O5. The van der Waals surface area contributed by atoms with Crippen LogP contribution in [0.4, 0.5) is 0 Å². The molecule has 0 spiro atoms. The maximum Gasteiger partial charge on any atom is 0.306 e. The summed E-state index contributed by atoms with van der Waals surface area (Å²) in [5, 5.41) is 21.8. The molecule has 1 aromatic carbocycles. The molecule has 1 aromatic rings. The number of aliphatic hydroxyl groups is 2. The first-order chi connectivity index (χ1) is 17.7. The predicted molar refractivity (Wildman–Crippen MR) is 144 cm³/mol. The van der Waals surface area contributed by atoms with E-state index in [1.165, 1.54) is 25.7 Å². The molecule has 5 rings (SSSR count). The molecule has 4 aliphatic rings. The summed E-state index contributed by atoms with van der Waals surface area (Å²) in [5.74, 6) is 3.74. The van der Waals surface area contributed by atoms with Gasteiger partial charge in [0.15, 0.2) is 0 Å². The second-order valence-corrected chi connectivity index (χ2v) is 13.5. The van der Waals surface area contributed by atoms with Gasteiger partial charge in [0.25, 0.3) is 0 Å². The van der Waals surface area contributed by atoms with E-state index in [4.69, 9.17) is 9.47 Å². The van der Waals surface area contributed by atoms with E-state index in [2.05, 4.69) is 20.8 Å². The molecule has 0 aliphatic heterocycles. The molecule has 0 aromatic heterocycles. The Hall–Kier alpha value is -1.59. The molecule has 5 heteroatoms. The molecular weight excluding hydrogens is 464 g/mol. The Morgan fingerprint density at radius 2 is 1.70 bits per heavy atom. The maximum atomic E-state index is 12.5. The van der Waals surface area contributed by atoms with Gasteiger partial charge in [-0.2, -0.15) is 0 Å². The average molecular weight is 513 g/mol. The minimum absolute atomic E-state index is 0.118. The van der Waals surface area contributed by atoms with Gasteiger partial charge in [0.2, 0.25) is 0 Å². The first-order valence-electron chi connectivity index (χ1n) is 14.8. The standard InChI is InChI=1S/C32H48O5/c1-20(5-12-29(35)37-19-21-6-8-24(36-4)9-7-21)25-10-11-26-30-27(14-16-32(25,26)3)31(2)15-13-23(33)17-22(31)18-28(30)34/h6-9,20,22-23,25-28,30,33-34H,5,10-19H2,1-4H3/t20-,22?,23-,25-,26+,27+,28-,30+,31+,32-/m1/s1. The van der Waals surface area contributed by atoms with Crippen molar-refractivity contribution in [2.75, 3.05) is 7.11 Å². The third-order valence-electron chi connectivity index (χ3n) is 11.8. The number of esters is 1. The number of carbonyl (C=O) groups is 1. The fraction of sp³-hybridized carbons (Fsp3) is 0.781. The van der Waals surface area contributed by atoms with Gasteiger partial charge in [0, 0.05) is 6.42 Å². The first kappa shape index (κ1) is 27.0. The summed E-state index contributed by atoms with van der Waals surface area (Å²) in [4.78, 5) is 12.5. The van der Waals surface area contributed by atoms with Crippen LogP contribution in [0.2, 0.25) is 0 Å². The summed E-state index contributed by atoms with van der Waals surface area (Å²) < 4.78 is 10.8. The van der Waals surface area contributed by atoms with Crippen molar-refractivity contribution in [2.24, 2.45) is 46.3 Å². The molecule has 0 radical (unpaired) electrons. The van der Waals surface area contributed by atoms with Gasteiger partial charge >= 0.3 is 5.97 Å². The number of fused-ring (bicyclic) bond motifs is 5. The van der Waals surface area contributed by atoms with Crippen molar-refractivity contribution in [2.45, 2.75) is 104 Å². The predicted octanol–water partition coefficient (Wildman–Crippen LogP) is 6.15. The second kappa shape index (κ2) is 10.5. The average Bonchev–Trinajstić information content (AvgIpc) is 3.24. The lowest BCUT2D eigenvalue weighted by Crippen LogP contribution is -2.58.